The van der Waals surface area contributed by atoms with Gasteiger partial charge in [-0.1, -0.05) is 19.1 Å². The van der Waals surface area contributed by atoms with Crippen LogP contribution in [0.5, 0.6) is 11.6 Å². The molecule has 0 saturated carbocycles. The van der Waals surface area contributed by atoms with Crippen molar-refractivity contribution in [2.75, 3.05) is 33.4 Å². The van der Waals surface area contributed by atoms with Crippen molar-refractivity contribution in [2.24, 2.45) is 0 Å². The number of hydrogen-bond acceptors (Lipinski definition) is 6. The standard InChI is InChI=1S/C24H31N3O4/c1-3-22-25-21-10-13-30-12-9-20(21)24(26-22)31-19-8-5-11-27(16-19)23(28)15-17-6-4-7-18(14-17)29-2/h4,6-7,14,19H,3,5,8-13,15-16H2,1-2H3. The van der Waals surface area contributed by atoms with Crippen molar-refractivity contribution in [3.8, 4) is 11.6 Å². The number of carbonyl (C=O) groups is 1. The zero-order valence-corrected chi connectivity index (χ0v) is 18.4. The molecule has 1 aromatic heterocycles. The first-order valence-corrected chi connectivity index (χ1v) is 11.2. The molecule has 7 nitrogen and oxygen atoms in total. The van der Waals surface area contributed by atoms with Crippen molar-refractivity contribution >= 4 is 5.91 Å². The molecule has 1 unspecified atom stereocenters. The maximum Gasteiger partial charge on any atom is 0.227 e. The van der Waals surface area contributed by atoms with Gasteiger partial charge in [-0.15, -0.1) is 0 Å². The van der Waals surface area contributed by atoms with Crippen molar-refractivity contribution in [3.05, 3.63) is 46.9 Å². The number of carbonyl (C=O) groups excluding carboxylic acids is 1. The van der Waals surface area contributed by atoms with Gasteiger partial charge in [0.1, 0.15) is 17.7 Å². The van der Waals surface area contributed by atoms with Gasteiger partial charge in [-0.3, -0.25) is 4.79 Å². The van der Waals surface area contributed by atoms with E-state index in [0.717, 1.165) is 67.0 Å². The van der Waals surface area contributed by atoms with Crippen LogP contribution in [0.25, 0.3) is 0 Å². The summed E-state index contributed by atoms with van der Waals surface area (Å²) in [4.78, 5) is 24.2. The molecule has 0 aliphatic carbocycles. The quantitative estimate of drug-likeness (QED) is 0.709. The molecular formula is C24H31N3O4. The Morgan fingerprint density at radius 2 is 2.13 bits per heavy atom. The highest BCUT2D eigenvalue weighted by molar-refractivity contribution is 5.79. The Morgan fingerprint density at radius 3 is 2.97 bits per heavy atom. The minimum atomic E-state index is -0.0594. The Labute approximate surface area is 183 Å². The van der Waals surface area contributed by atoms with Gasteiger partial charge in [0.05, 0.1) is 39.0 Å². The number of rotatable bonds is 6. The summed E-state index contributed by atoms with van der Waals surface area (Å²) in [6.07, 6.45) is 4.46. The second kappa shape index (κ2) is 10.1. The number of aromatic nitrogens is 2. The fraction of sp³-hybridized carbons (Fsp3) is 0.542. The van der Waals surface area contributed by atoms with Gasteiger partial charge in [-0.25, -0.2) is 4.98 Å². The van der Waals surface area contributed by atoms with Crippen LogP contribution in [0.3, 0.4) is 0 Å². The monoisotopic (exact) mass is 425 g/mol. The van der Waals surface area contributed by atoms with Crippen molar-refractivity contribution in [1.29, 1.82) is 0 Å². The third-order valence-corrected chi connectivity index (χ3v) is 5.90. The van der Waals surface area contributed by atoms with Crippen LogP contribution in [0.15, 0.2) is 24.3 Å². The fourth-order valence-corrected chi connectivity index (χ4v) is 4.20. The van der Waals surface area contributed by atoms with Crippen LogP contribution in [-0.4, -0.2) is 60.3 Å². The summed E-state index contributed by atoms with van der Waals surface area (Å²) in [5.41, 5.74) is 3.07. The molecule has 0 spiro atoms. The van der Waals surface area contributed by atoms with Gasteiger partial charge in [0, 0.05) is 31.4 Å². The van der Waals surface area contributed by atoms with Crippen LogP contribution >= 0.6 is 0 Å². The van der Waals surface area contributed by atoms with E-state index >= 15 is 0 Å². The Kier molecular flexibility index (Phi) is 7.02. The first kappa shape index (κ1) is 21.6. The number of ether oxygens (including phenoxy) is 3. The summed E-state index contributed by atoms with van der Waals surface area (Å²) in [5, 5.41) is 0. The minimum absolute atomic E-state index is 0.0594. The SMILES string of the molecule is CCc1nc2c(c(OC3CCCN(C(=O)Cc4cccc(OC)c4)C3)n1)CCOCC2. The largest absolute Gasteiger partial charge is 0.497 e. The zero-order valence-electron chi connectivity index (χ0n) is 18.4. The zero-order chi connectivity index (χ0) is 21.6. The fourth-order valence-electron chi connectivity index (χ4n) is 4.20. The molecule has 1 fully saturated rings. The molecule has 2 aromatic rings. The Morgan fingerprint density at radius 1 is 1.26 bits per heavy atom. The number of hydrogen-bond donors (Lipinski definition) is 0. The molecule has 1 atom stereocenters. The van der Waals surface area contributed by atoms with Gasteiger partial charge in [-0.2, -0.15) is 4.98 Å². The molecule has 4 rings (SSSR count). The van der Waals surface area contributed by atoms with Crippen LogP contribution in [0.2, 0.25) is 0 Å². The summed E-state index contributed by atoms with van der Waals surface area (Å²) in [6, 6.07) is 7.68. The van der Waals surface area contributed by atoms with Crippen molar-refractivity contribution in [2.45, 2.75) is 51.6 Å². The van der Waals surface area contributed by atoms with Gasteiger partial charge in [-0.05, 0) is 30.5 Å². The number of benzene rings is 1. The van der Waals surface area contributed by atoms with E-state index in [-0.39, 0.29) is 12.0 Å². The minimum Gasteiger partial charge on any atom is -0.497 e. The van der Waals surface area contributed by atoms with Crippen LogP contribution in [0.4, 0.5) is 0 Å². The van der Waals surface area contributed by atoms with E-state index < -0.39 is 0 Å². The van der Waals surface area contributed by atoms with E-state index in [4.69, 9.17) is 24.2 Å². The predicted octanol–water partition coefficient (Wildman–Crippen LogP) is 2.78. The average molecular weight is 426 g/mol. The molecule has 0 N–H and O–H groups in total. The summed E-state index contributed by atoms with van der Waals surface area (Å²) in [6.45, 7) is 4.74. The third kappa shape index (κ3) is 5.34. The average Bonchev–Trinajstić information content (AvgIpc) is 3.05. The highest BCUT2D eigenvalue weighted by Crippen LogP contribution is 2.26. The van der Waals surface area contributed by atoms with E-state index in [1.54, 1.807) is 7.11 Å². The molecule has 3 heterocycles. The molecule has 2 aliphatic heterocycles. The molecule has 1 saturated heterocycles. The second-order valence-electron chi connectivity index (χ2n) is 8.09. The number of likely N-dealkylation sites (tertiary alicyclic amines) is 1. The van der Waals surface area contributed by atoms with Crippen molar-refractivity contribution < 1.29 is 19.0 Å². The molecule has 166 valence electrons. The van der Waals surface area contributed by atoms with Crippen LogP contribution in [0, 0.1) is 0 Å². The number of amides is 1. The molecular weight excluding hydrogens is 394 g/mol. The summed E-state index contributed by atoms with van der Waals surface area (Å²) in [7, 11) is 1.64. The van der Waals surface area contributed by atoms with E-state index in [2.05, 4.69) is 6.92 Å². The van der Waals surface area contributed by atoms with E-state index in [0.29, 0.717) is 32.1 Å². The molecule has 0 bridgehead atoms. The summed E-state index contributed by atoms with van der Waals surface area (Å²) in [5.74, 6) is 2.37. The van der Waals surface area contributed by atoms with Crippen LogP contribution in [-0.2, 0) is 35.2 Å². The van der Waals surface area contributed by atoms with Crippen molar-refractivity contribution in [3.63, 3.8) is 0 Å². The topological polar surface area (TPSA) is 73.8 Å². The van der Waals surface area contributed by atoms with Gasteiger partial charge in [0.15, 0.2) is 0 Å². The first-order chi connectivity index (χ1) is 15.2. The Balaban J connectivity index is 1.45. The normalized spacial score (nSPS) is 18.8. The van der Waals surface area contributed by atoms with Gasteiger partial charge < -0.3 is 19.1 Å². The summed E-state index contributed by atoms with van der Waals surface area (Å²) >= 11 is 0. The lowest BCUT2D eigenvalue weighted by Crippen LogP contribution is -2.45. The summed E-state index contributed by atoms with van der Waals surface area (Å²) < 4.78 is 17.3. The lowest BCUT2D eigenvalue weighted by atomic mass is 10.1. The highest BCUT2D eigenvalue weighted by Gasteiger charge is 2.27. The number of fused-ring (bicyclic) bond motifs is 1. The molecule has 0 radical (unpaired) electrons. The van der Waals surface area contributed by atoms with Crippen LogP contribution < -0.4 is 9.47 Å². The molecule has 1 amide bonds. The van der Waals surface area contributed by atoms with Gasteiger partial charge >= 0.3 is 0 Å². The molecule has 7 heteroatoms. The lowest BCUT2D eigenvalue weighted by Gasteiger charge is -2.33. The van der Waals surface area contributed by atoms with E-state index in [9.17, 15) is 4.79 Å². The maximum atomic E-state index is 12.9. The van der Waals surface area contributed by atoms with Crippen LogP contribution in [0.1, 0.15) is 42.4 Å². The lowest BCUT2D eigenvalue weighted by molar-refractivity contribution is -0.133. The predicted molar refractivity (Wildman–Crippen MR) is 117 cm³/mol. The second-order valence-corrected chi connectivity index (χ2v) is 8.09. The number of piperidine rings is 1. The third-order valence-electron chi connectivity index (χ3n) is 5.90. The highest BCUT2D eigenvalue weighted by atomic mass is 16.5. The van der Waals surface area contributed by atoms with Crippen molar-refractivity contribution in [1.82, 2.24) is 14.9 Å². The molecule has 2 aliphatic rings. The van der Waals surface area contributed by atoms with E-state index in [1.807, 2.05) is 29.2 Å². The molecule has 31 heavy (non-hydrogen) atoms. The maximum absolute atomic E-state index is 12.9. The van der Waals surface area contributed by atoms with E-state index in [1.165, 1.54) is 0 Å². The smallest absolute Gasteiger partial charge is 0.227 e. The molecule has 1 aromatic carbocycles. The van der Waals surface area contributed by atoms with Gasteiger partial charge in [0.25, 0.3) is 0 Å². The van der Waals surface area contributed by atoms with Gasteiger partial charge in [0.2, 0.25) is 11.8 Å². The Hall–Kier alpha value is -2.67. The Bertz CT molecular complexity index is 918. The number of methoxy groups -OCH3 is 1. The number of aryl methyl sites for hydroxylation is 1. The number of nitrogens with zero attached hydrogens (tertiary/aromatic N) is 3. The first-order valence-electron chi connectivity index (χ1n) is 11.2.